The summed E-state index contributed by atoms with van der Waals surface area (Å²) in [5.74, 6) is 0.584. The van der Waals surface area contributed by atoms with Gasteiger partial charge in [-0.25, -0.2) is 0 Å². The van der Waals surface area contributed by atoms with Crippen LogP contribution in [-0.4, -0.2) is 6.04 Å². The molecule has 0 aromatic heterocycles. The highest BCUT2D eigenvalue weighted by atomic mass is 14.9. The predicted octanol–water partition coefficient (Wildman–Crippen LogP) is 3.54. The molecule has 0 saturated heterocycles. The number of hydrogen-bond acceptors (Lipinski definition) is 1. The van der Waals surface area contributed by atoms with Gasteiger partial charge in [-0.05, 0) is 11.5 Å². The second kappa shape index (κ2) is 7.02. The second-order valence-electron chi connectivity index (χ2n) is 4.26. The SMILES string of the molecule is C=CC(/C=C/C(C)C)NCc1ccccc1. The van der Waals surface area contributed by atoms with Gasteiger partial charge in [-0.15, -0.1) is 6.58 Å². The lowest BCUT2D eigenvalue weighted by Gasteiger charge is -2.11. The first-order chi connectivity index (χ1) is 7.72. The number of rotatable bonds is 6. The van der Waals surface area contributed by atoms with Gasteiger partial charge in [0, 0.05) is 12.6 Å². The molecule has 0 heterocycles. The Morgan fingerprint density at radius 2 is 1.88 bits per heavy atom. The van der Waals surface area contributed by atoms with Gasteiger partial charge in [-0.3, -0.25) is 0 Å². The Labute approximate surface area is 98.9 Å². The molecule has 0 spiro atoms. The van der Waals surface area contributed by atoms with E-state index in [1.807, 2.05) is 12.1 Å². The first kappa shape index (κ1) is 12.7. The Hall–Kier alpha value is -1.34. The van der Waals surface area contributed by atoms with Crippen molar-refractivity contribution in [1.29, 1.82) is 0 Å². The fraction of sp³-hybridized carbons (Fsp3) is 0.333. The third-order valence-corrected chi connectivity index (χ3v) is 2.34. The van der Waals surface area contributed by atoms with E-state index in [1.54, 1.807) is 0 Å². The Balaban J connectivity index is 2.43. The third-order valence-electron chi connectivity index (χ3n) is 2.34. The van der Waals surface area contributed by atoms with Gasteiger partial charge in [0.05, 0.1) is 0 Å². The second-order valence-corrected chi connectivity index (χ2v) is 4.26. The van der Waals surface area contributed by atoms with Gasteiger partial charge in [-0.2, -0.15) is 0 Å². The maximum Gasteiger partial charge on any atom is 0.0435 e. The van der Waals surface area contributed by atoms with E-state index in [2.05, 4.69) is 62.2 Å². The minimum absolute atomic E-state index is 0.252. The fourth-order valence-corrected chi connectivity index (χ4v) is 1.40. The van der Waals surface area contributed by atoms with Crippen molar-refractivity contribution in [3.8, 4) is 0 Å². The van der Waals surface area contributed by atoms with Gasteiger partial charge in [-0.1, -0.05) is 62.4 Å². The molecule has 16 heavy (non-hydrogen) atoms. The lowest BCUT2D eigenvalue weighted by Crippen LogP contribution is -2.24. The van der Waals surface area contributed by atoms with Crippen LogP contribution in [0.4, 0.5) is 0 Å². The summed E-state index contributed by atoms with van der Waals surface area (Å²) in [5.41, 5.74) is 1.30. The van der Waals surface area contributed by atoms with Crippen molar-refractivity contribution in [2.24, 2.45) is 5.92 Å². The van der Waals surface area contributed by atoms with Gasteiger partial charge in [0.25, 0.3) is 0 Å². The number of nitrogens with one attached hydrogen (secondary N) is 1. The van der Waals surface area contributed by atoms with Crippen molar-refractivity contribution in [3.05, 3.63) is 60.7 Å². The van der Waals surface area contributed by atoms with Crippen LogP contribution in [0.25, 0.3) is 0 Å². The van der Waals surface area contributed by atoms with E-state index in [0.717, 1.165) is 6.54 Å². The summed E-state index contributed by atoms with van der Waals surface area (Å²) in [6, 6.07) is 10.7. The first-order valence-electron chi connectivity index (χ1n) is 5.80. The van der Waals surface area contributed by atoms with Crippen LogP contribution in [0.5, 0.6) is 0 Å². The standard InChI is InChI=1S/C15H21N/c1-4-15(11-10-13(2)3)16-12-14-8-6-5-7-9-14/h4-11,13,15-16H,1,12H2,2-3H3/b11-10+. The maximum atomic E-state index is 3.84. The molecule has 1 unspecified atom stereocenters. The predicted molar refractivity (Wildman–Crippen MR) is 71.2 cm³/mol. The van der Waals surface area contributed by atoms with Crippen molar-refractivity contribution in [2.45, 2.75) is 26.4 Å². The molecule has 0 aliphatic rings. The summed E-state index contributed by atoms with van der Waals surface area (Å²) >= 11 is 0. The monoisotopic (exact) mass is 215 g/mol. The van der Waals surface area contributed by atoms with Crippen LogP contribution in [0.3, 0.4) is 0 Å². The Morgan fingerprint density at radius 3 is 2.44 bits per heavy atom. The van der Waals surface area contributed by atoms with E-state index in [4.69, 9.17) is 0 Å². The lowest BCUT2D eigenvalue weighted by molar-refractivity contribution is 0.670. The molecule has 1 rings (SSSR count). The molecule has 1 aromatic rings. The maximum absolute atomic E-state index is 3.84. The zero-order chi connectivity index (χ0) is 11.8. The van der Waals surface area contributed by atoms with E-state index in [0.29, 0.717) is 5.92 Å². The molecule has 0 amide bonds. The van der Waals surface area contributed by atoms with Crippen molar-refractivity contribution < 1.29 is 0 Å². The van der Waals surface area contributed by atoms with Gasteiger partial charge in [0.2, 0.25) is 0 Å². The zero-order valence-electron chi connectivity index (χ0n) is 10.2. The summed E-state index contributed by atoms with van der Waals surface area (Å²) in [6.45, 7) is 9.06. The highest BCUT2D eigenvalue weighted by Gasteiger charge is 1.98. The van der Waals surface area contributed by atoms with E-state index in [-0.39, 0.29) is 6.04 Å². The zero-order valence-corrected chi connectivity index (χ0v) is 10.2. The third kappa shape index (κ3) is 4.94. The molecule has 0 aliphatic carbocycles. The number of benzene rings is 1. The van der Waals surface area contributed by atoms with E-state index >= 15 is 0 Å². The Kier molecular flexibility index (Phi) is 5.58. The summed E-state index contributed by atoms with van der Waals surface area (Å²) in [5, 5.41) is 3.44. The topological polar surface area (TPSA) is 12.0 Å². The van der Waals surface area contributed by atoms with Crippen LogP contribution >= 0.6 is 0 Å². The molecule has 1 aromatic carbocycles. The van der Waals surface area contributed by atoms with Crippen LogP contribution in [0.2, 0.25) is 0 Å². The van der Waals surface area contributed by atoms with Crippen LogP contribution in [-0.2, 0) is 6.54 Å². The number of hydrogen-bond donors (Lipinski definition) is 1. The molecule has 0 aliphatic heterocycles. The molecule has 0 fully saturated rings. The largest absolute Gasteiger partial charge is 0.303 e. The van der Waals surface area contributed by atoms with E-state index < -0.39 is 0 Å². The summed E-state index contributed by atoms with van der Waals surface area (Å²) in [4.78, 5) is 0. The summed E-state index contributed by atoms with van der Waals surface area (Å²) in [7, 11) is 0. The van der Waals surface area contributed by atoms with E-state index in [1.165, 1.54) is 5.56 Å². The highest BCUT2D eigenvalue weighted by molar-refractivity contribution is 5.15. The van der Waals surface area contributed by atoms with Gasteiger partial charge in [0.15, 0.2) is 0 Å². The fourth-order valence-electron chi connectivity index (χ4n) is 1.40. The van der Waals surface area contributed by atoms with Crippen molar-refractivity contribution in [3.63, 3.8) is 0 Å². The van der Waals surface area contributed by atoms with Gasteiger partial charge < -0.3 is 5.32 Å². The summed E-state index contributed by atoms with van der Waals surface area (Å²) < 4.78 is 0. The molecule has 1 heteroatoms. The number of allylic oxidation sites excluding steroid dienone is 1. The van der Waals surface area contributed by atoms with Crippen molar-refractivity contribution >= 4 is 0 Å². The minimum atomic E-state index is 0.252. The summed E-state index contributed by atoms with van der Waals surface area (Å²) in [6.07, 6.45) is 6.30. The molecule has 0 bridgehead atoms. The molecular formula is C15H21N. The van der Waals surface area contributed by atoms with Crippen molar-refractivity contribution in [1.82, 2.24) is 5.32 Å². The normalized spacial score (nSPS) is 13.2. The minimum Gasteiger partial charge on any atom is -0.303 e. The molecule has 1 nitrogen and oxygen atoms in total. The average Bonchev–Trinajstić information content (AvgIpc) is 2.30. The van der Waals surface area contributed by atoms with Gasteiger partial charge in [0.1, 0.15) is 0 Å². The Bertz CT molecular complexity index is 325. The van der Waals surface area contributed by atoms with Crippen molar-refractivity contribution in [2.75, 3.05) is 0 Å². The first-order valence-corrected chi connectivity index (χ1v) is 5.80. The smallest absolute Gasteiger partial charge is 0.0435 e. The van der Waals surface area contributed by atoms with Crippen LogP contribution in [0.15, 0.2) is 55.1 Å². The van der Waals surface area contributed by atoms with Crippen LogP contribution in [0.1, 0.15) is 19.4 Å². The molecule has 86 valence electrons. The molecule has 1 atom stereocenters. The Morgan fingerprint density at radius 1 is 1.19 bits per heavy atom. The average molecular weight is 215 g/mol. The molecular weight excluding hydrogens is 194 g/mol. The molecule has 0 radical (unpaired) electrons. The van der Waals surface area contributed by atoms with Crippen LogP contribution in [0, 0.1) is 5.92 Å². The van der Waals surface area contributed by atoms with E-state index in [9.17, 15) is 0 Å². The van der Waals surface area contributed by atoms with Gasteiger partial charge >= 0.3 is 0 Å². The highest BCUT2D eigenvalue weighted by Crippen LogP contribution is 2.01. The van der Waals surface area contributed by atoms with Crippen LogP contribution < -0.4 is 5.32 Å². The molecule has 0 saturated carbocycles. The lowest BCUT2D eigenvalue weighted by atomic mass is 10.1. The quantitative estimate of drug-likeness (QED) is 0.716. The molecule has 1 N–H and O–H groups in total.